The number of rotatable bonds is 37. The molecule has 0 aliphatic carbocycles. The Hall–Kier alpha value is -6.10. The molecule has 34 heteroatoms. The summed E-state index contributed by atoms with van der Waals surface area (Å²) in [4.78, 5) is 80.0. The van der Waals surface area contributed by atoms with Crippen LogP contribution >= 0.6 is 19.8 Å². The Kier molecular flexibility index (Phi) is 30.0. The van der Waals surface area contributed by atoms with Crippen LogP contribution in [0.5, 0.6) is 11.5 Å². The Morgan fingerprint density at radius 1 is 0.711 bits per heavy atom. The lowest BCUT2D eigenvalue weighted by Crippen LogP contribution is -2.59. The quantitative estimate of drug-likeness (QED) is 0.00534. The van der Waals surface area contributed by atoms with E-state index in [1.807, 2.05) is 0 Å². The number of carbonyl (C=O) groups is 5. The molecule has 4 amide bonds. The zero-order chi connectivity index (χ0) is 61.1. The van der Waals surface area contributed by atoms with E-state index in [1.165, 1.54) is 13.8 Å². The van der Waals surface area contributed by atoms with Crippen LogP contribution in [0.1, 0.15) is 58.1 Å². The molecule has 11 N–H and O–H groups in total. The molecule has 0 unspecified atom stereocenters. The minimum Gasteiger partial charge on any atom is -0.462 e. The molecule has 7 atom stereocenters. The first kappa shape index (κ1) is 69.4. The number of aliphatic hydroxyl groups is 3. The van der Waals surface area contributed by atoms with E-state index in [0.29, 0.717) is 36.7 Å². The Bertz CT molecular complexity index is 2600. The highest BCUT2D eigenvalue weighted by atomic mass is 32.1. The lowest BCUT2D eigenvalue weighted by molar-refractivity contribution is -0.272. The molecule has 0 radical (unpaired) electrons. The maximum absolute atomic E-state index is 13.6. The van der Waals surface area contributed by atoms with Gasteiger partial charge in [-0.15, -0.1) is 5.10 Å². The van der Waals surface area contributed by atoms with Crippen LogP contribution in [0.3, 0.4) is 0 Å². The lowest BCUT2D eigenvalue weighted by Gasteiger charge is -2.40. The van der Waals surface area contributed by atoms with Gasteiger partial charge in [-0.3, -0.25) is 33.2 Å². The van der Waals surface area contributed by atoms with Crippen LogP contribution in [0.2, 0.25) is 0 Å². The third kappa shape index (κ3) is 25.3. The molecule has 1 aliphatic heterocycles. The average molecular weight is 1230 g/mol. The van der Waals surface area contributed by atoms with E-state index in [0.717, 1.165) is 18.5 Å². The van der Waals surface area contributed by atoms with Crippen molar-refractivity contribution >= 4 is 60.2 Å². The lowest BCUT2D eigenvalue weighted by atomic mass is 9.97. The summed E-state index contributed by atoms with van der Waals surface area (Å²) in [6.07, 6.45) is -4.45. The van der Waals surface area contributed by atoms with E-state index in [9.17, 15) is 65.8 Å². The number of aromatic nitrogens is 3. The highest BCUT2D eigenvalue weighted by Gasteiger charge is 2.45. The molecule has 1 saturated heterocycles. The number of carbonyl (C=O) groups excluding carboxylic acids is 5. The van der Waals surface area contributed by atoms with E-state index in [2.05, 4.69) is 46.9 Å². The number of ether oxygens (including phenoxy) is 7. The standard InChI is InChI=1S/C49H69F5N9O18PS/c1-28(46(70)55-15-18-76-20-22-78-24-23-77-21-19-75-17-12-36(66)81-45-40(53)38(51)37(50)39(52)41(45)54)59-35(65)26-57-47(71)29(2)58-34(64)7-5-16-63-27-31(61-62-63)6-3-4-14-56-49(83)60-30-8-10-32(11-9-30)79-48-44(69)43(68)42(67)33(80-48)13-25-82(72,73)74/h8-11,27-29,33,42-44,48,67-69H,3-7,12-26H2,1-2H3,(H,55,70)(H,57,71)(H,58,64)(H,59,65)(H2,56,60,83)(H2,72,73,74)/t28-,29-,33+,42+,43-,44-,48-/m0/s1. The molecule has 83 heavy (non-hydrogen) atoms. The number of aliphatic hydroxyl groups excluding tert-OH is 3. The first-order chi connectivity index (χ1) is 39.4. The molecule has 3 aromatic rings. The predicted molar refractivity (Wildman–Crippen MR) is 283 cm³/mol. The normalized spacial score (nSPS) is 17.7. The van der Waals surface area contributed by atoms with E-state index < -0.39 is 134 Å². The van der Waals surface area contributed by atoms with Crippen molar-refractivity contribution in [3.05, 3.63) is 65.2 Å². The Morgan fingerprint density at radius 2 is 1.29 bits per heavy atom. The Morgan fingerprint density at radius 3 is 1.92 bits per heavy atom. The highest BCUT2D eigenvalue weighted by Crippen LogP contribution is 2.37. The van der Waals surface area contributed by atoms with E-state index in [-0.39, 0.29) is 78.0 Å². The summed E-state index contributed by atoms with van der Waals surface area (Å²) in [7, 11) is -4.40. The van der Waals surface area contributed by atoms with Crippen LogP contribution in [-0.4, -0.2) is 196 Å². The fourth-order valence-electron chi connectivity index (χ4n) is 7.28. The zero-order valence-electron chi connectivity index (χ0n) is 45.2. The number of thiocarbonyl (C=S) groups is 1. The molecule has 2 heterocycles. The highest BCUT2D eigenvalue weighted by molar-refractivity contribution is 7.80. The van der Waals surface area contributed by atoms with Gasteiger partial charge in [0.1, 0.15) is 36.1 Å². The molecule has 2 aromatic carbocycles. The number of nitrogens with zero attached hydrogens (tertiary/aromatic N) is 3. The molecular formula is C49H69F5N9O18PS. The van der Waals surface area contributed by atoms with Crippen LogP contribution in [0, 0.1) is 29.1 Å². The van der Waals surface area contributed by atoms with Crippen LogP contribution < -0.4 is 41.4 Å². The third-order valence-electron chi connectivity index (χ3n) is 11.7. The van der Waals surface area contributed by atoms with Gasteiger partial charge in [0.15, 0.2) is 5.11 Å². The summed E-state index contributed by atoms with van der Waals surface area (Å²) < 4.78 is 116. The number of hydrogen-bond acceptors (Lipinski definition) is 19. The number of aryl methyl sites for hydroxylation is 2. The zero-order valence-corrected chi connectivity index (χ0v) is 46.9. The smallest absolute Gasteiger partial charge is 0.325 e. The number of benzene rings is 2. The summed E-state index contributed by atoms with van der Waals surface area (Å²) in [5.41, 5.74) is 1.37. The number of halogens is 5. The second-order valence-corrected chi connectivity index (χ2v) is 20.6. The summed E-state index contributed by atoms with van der Waals surface area (Å²) in [6, 6.07) is 4.49. The van der Waals surface area contributed by atoms with Gasteiger partial charge in [0, 0.05) is 37.9 Å². The van der Waals surface area contributed by atoms with Gasteiger partial charge < -0.3 is 90.2 Å². The molecule has 1 fully saturated rings. The van der Waals surface area contributed by atoms with Gasteiger partial charge in [-0.25, -0.2) is 13.2 Å². The topological polar surface area (TPSA) is 371 Å². The second-order valence-electron chi connectivity index (χ2n) is 18.4. The fraction of sp³-hybridized carbons (Fsp3) is 0.592. The summed E-state index contributed by atoms with van der Waals surface area (Å²) in [6.45, 7) is 4.21. The van der Waals surface area contributed by atoms with Crippen molar-refractivity contribution in [1.82, 2.24) is 41.6 Å². The monoisotopic (exact) mass is 1230 g/mol. The number of esters is 1. The van der Waals surface area contributed by atoms with Crippen molar-refractivity contribution in [1.29, 1.82) is 0 Å². The van der Waals surface area contributed by atoms with Crippen molar-refractivity contribution < 1.29 is 109 Å². The SMILES string of the molecule is C[C@H](NC(=O)CCCn1cc(CCCCNC(=S)Nc2ccc(O[C@H]3O[C@H](CCP(=O)(O)O)[C@@H](O)[C@H](O)[C@@H]3O)cc2)nn1)C(=O)NCC(=O)N[C@@H](C)C(=O)NCCOCCOCCOCCOCCC(=O)Oc1c(F)c(F)c(F)c(F)c1F. The van der Waals surface area contributed by atoms with Crippen molar-refractivity contribution in [3.8, 4) is 11.5 Å². The summed E-state index contributed by atoms with van der Waals surface area (Å²) in [5, 5.41) is 55.7. The van der Waals surface area contributed by atoms with Gasteiger partial charge in [0.25, 0.3) is 0 Å². The third-order valence-corrected chi connectivity index (χ3v) is 12.8. The van der Waals surface area contributed by atoms with Crippen LogP contribution in [0.25, 0.3) is 0 Å². The maximum atomic E-state index is 13.6. The van der Waals surface area contributed by atoms with Crippen molar-refractivity contribution in [2.45, 2.75) is 108 Å². The molecule has 27 nitrogen and oxygen atoms in total. The van der Waals surface area contributed by atoms with E-state index >= 15 is 0 Å². The van der Waals surface area contributed by atoms with Crippen molar-refractivity contribution in [2.75, 3.05) is 84.0 Å². The van der Waals surface area contributed by atoms with Gasteiger partial charge in [-0.05, 0) is 82.4 Å². The van der Waals surface area contributed by atoms with Crippen LogP contribution in [0.15, 0.2) is 30.5 Å². The van der Waals surface area contributed by atoms with Crippen LogP contribution in [-0.2, 0) is 65.2 Å². The van der Waals surface area contributed by atoms with Gasteiger partial charge in [-0.1, -0.05) is 5.21 Å². The van der Waals surface area contributed by atoms with Gasteiger partial charge in [0.05, 0.1) is 83.8 Å². The fourth-order valence-corrected chi connectivity index (χ4v) is 8.10. The van der Waals surface area contributed by atoms with Gasteiger partial charge in [-0.2, -0.15) is 8.78 Å². The number of unbranched alkanes of at least 4 members (excludes halogenated alkanes) is 1. The summed E-state index contributed by atoms with van der Waals surface area (Å²) in [5.74, 6) is -16.3. The average Bonchev–Trinajstić information content (AvgIpc) is 3.97. The number of amides is 4. The predicted octanol–water partition coefficient (Wildman–Crippen LogP) is 0.121. The van der Waals surface area contributed by atoms with Crippen LogP contribution in [0.4, 0.5) is 27.6 Å². The summed E-state index contributed by atoms with van der Waals surface area (Å²) >= 11 is 5.39. The van der Waals surface area contributed by atoms with Crippen molar-refractivity contribution in [3.63, 3.8) is 0 Å². The Balaban J connectivity index is 0.939. The molecule has 464 valence electrons. The van der Waals surface area contributed by atoms with Gasteiger partial charge >= 0.3 is 13.6 Å². The number of hydrogen-bond donors (Lipinski definition) is 11. The molecule has 1 aliphatic rings. The van der Waals surface area contributed by atoms with Crippen molar-refractivity contribution in [2.24, 2.45) is 0 Å². The second kappa shape index (κ2) is 35.9. The molecular weight excluding hydrogens is 1160 g/mol. The number of anilines is 1. The molecule has 0 spiro atoms. The molecule has 0 bridgehead atoms. The molecule has 0 saturated carbocycles. The minimum absolute atomic E-state index is 0.00535. The molecule has 4 rings (SSSR count). The maximum Gasteiger partial charge on any atom is 0.325 e. The Labute approximate surface area is 478 Å². The van der Waals surface area contributed by atoms with Gasteiger partial charge in [0.2, 0.25) is 64.8 Å². The minimum atomic E-state index is -4.40. The first-order valence-corrected chi connectivity index (χ1v) is 28.3. The van der Waals surface area contributed by atoms with E-state index in [4.69, 9.17) is 50.4 Å². The number of nitrogens with one attached hydrogen (secondary N) is 6. The first-order valence-electron chi connectivity index (χ1n) is 26.1. The largest absolute Gasteiger partial charge is 0.462 e. The van der Waals surface area contributed by atoms with E-state index in [1.54, 1.807) is 35.1 Å². The molecule has 1 aromatic heterocycles.